The summed E-state index contributed by atoms with van der Waals surface area (Å²) in [6.45, 7) is 8.30. The molecular formula is C31H38O8. The molecule has 0 aliphatic rings. The van der Waals surface area contributed by atoms with Gasteiger partial charge in [0.25, 0.3) is 0 Å². The van der Waals surface area contributed by atoms with Crippen molar-refractivity contribution < 1.29 is 33.3 Å². The summed E-state index contributed by atoms with van der Waals surface area (Å²) in [7, 11) is 0. The van der Waals surface area contributed by atoms with Crippen molar-refractivity contribution in [2.75, 3.05) is 19.8 Å². The van der Waals surface area contributed by atoms with E-state index in [2.05, 4.69) is 0 Å². The highest BCUT2D eigenvalue weighted by molar-refractivity contribution is 5.97. The minimum absolute atomic E-state index is 0.0127. The van der Waals surface area contributed by atoms with E-state index in [9.17, 15) is 19.5 Å². The monoisotopic (exact) mass is 538 g/mol. The molecule has 1 heterocycles. The van der Waals surface area contributed by atoms with E-state index in [1.165, 1.54) is 13.0 Å². The number of aromatic hydroxyl groups is 1. The van der Waals surface area contributed by atoms with Crippen LogP contribution in [-0.4, -0.2) is 36.7 Å². The Bertz CT molecular complexity index is 1350. The van der Waals surface area contributed by atoms with Gasteiger partial charge in [-0.2, -0.15) is 0 Å². The zero-order valence-corrected chi connectivity index (χ0v) is 23.3. The van der Waals surface area contributed by atoms with Gasteiger partial charge in [0, 0.05) is 17.2 Å². The largest absolute Gasteiger partial charge is 0.507 e. The second-order valence-corrected chi connectivity index (χ2v) is 9.37. The van der Waals surface area contributed by atoms with Crippen molar-refractivity contribution in [3.63, 3.8) is 0 Å². The molecule has 8 heteroatoms. The third-order valence-corrected chi connectivity index (χ3v) is 6.36. The Labute approximate surface area is 228 Å². The fraction of sp³-hybridized carbons (Fsp3) is 0.452. The van der Waals surface area contributed by atoms with Crippen molar-refractivity contribution in [2.45, 2.75) is 72.6 Å². The molecule has 0 unspecified atom stereocenters. The molecule has 39 heavy (non-hydrogen) atoms. The number of carbonyl (C=O) groups is 2. The maximum absolute atomic E-state index is 12.6. The summed E-state index contributed by atoms with van der Waals surface area (Å²) in [5.74, 6) is 0.300. The second kappa shape index (κ2) is 14.4. The first-order valence-electron chi connectivity index (χ1n) is 13.7. The molecule has 0 aliphatic heterocycles. The Balaban J connectivity index is 1.60. The molecule has 0 saturated carbocycles. The lowest BCUT2D eigenvalue weighted by Crippen LogP contribution is -2.11. The third-order valence-electron chi connectivity index (χ3n) is 6.36. The molecule has 8 nitrogen and oxygen atoms in total. The summed E-state index contributed by atoms with van der Waals surface area (Å²) < 4.78 is 22.8. The van der Waals surface area contributed by atoms with Gasteiger partial charge in [-0.1, -0.05) is 26.7 Å². The lowest BCUT2D eigenvalue weighted by Gasteiger charge is -2.15. The maximum Gasteiger partial charge on any atom is 0.374 e. The van der Waals surface area contributed by atoms with E-state index in [4.69, 9.17) is 18.6 Å². The number of hydrogen-bond acceptors (Lipinski definition) is 8. The Morgan fingerprint density at radius 1 is 0.872 bits per heavy atom. The molecule has 0 radical (unpaired) electrons. The summed E-state index contributed by atoms with van der Waals surface area (Å²) in [5.41, 5.74) is 1.81. The van der Waals surface area contributed by atoms with E-state index >= 15 is 0 Å². The highest BCUT2D eigenvalue weighted by Gasteiger charge is 2.18. The normalized spacial score (nSPS) is 11.0. The first-order chi connectivity index (χ1) is 18.8. The number of ether oxygens (including phenoxy) is 3. The van der Waals surface area contributed by atoms with Gasteiger partial charge < -0.3 is 23.7 Å². The Morgan fingerprint density at radius 3 is 2.10 bits per heavy atom. The van der Waals surface area contributed by atoms with E-state index in [-0.39, 0.29) is 29.3 Å². The predicted octanol–water partition coefficient (Wildman–Crippen LogP) is 6.41. The molecule has 0 bridgehead atoms. The predicted molar refractivity (Wildman–Crippen MR) is 149 cm³/mol. The van der Waals surface area contributed by atoms with Gasteiger partial charge >= 0.3 is 5.97 Å². The van der Waals surface area contributed by atoms with Gasteiger partial charge in [0.15, 0.2) is 11.2 Å². The number of fused-ring (bicyclic) bond motifs is 1. The van der Waals surface area contributed by atoms with Crippen LogP contribution in [0.15, 0.2) is 39.5 Å². The first kappa shape index (κ1) is 29.7. The molecule has 1 N–H and O–H groups in total. The second-order valence-electron chi connectivity index (χ2n) is 9.37. The van der Waals surface area contributed by atoms with Gasteiger partial charge in [0.05, 0.1) is 30.8 Å². The van der Waals surface area contributed by atoms with Crippen LogP contribution in [0.5, 0.6) is 17.2 Å². The highest BCUT2D eigenvalue weighted by atomic mass is 16.5. The van der Waals surface area contributed by atoms with Crippen LogP contribution in [0.4, 0.5) is 0 Å². The van der Waals surface area contributed by atoms with Gasteiger partial charge in [-0.05, 0) is 70.2 Å². The fourth-order valence-corrected chi connectivity index (χ4v) is 4.46. The molecule has 210 valence electrons. The van der Waals surface area contributed by atoms with E-state index in [0.717, 1.165) is 37.7 Å². The standard InChI is InChI=1S/C31H38O8/c1-5-11-23-26(15-13-21(20(4)32)29(23)34)37-17-9-8-10-18-38-27-16-14-22-25(33)19-28(31(35)36-7-3)39-30(22)24(27)12-6-2/h13-16,19,34H,5-12,17-18H2,1-4H3. The van der Waals surface area contributed by atoms with E-state index in [0.29, 0.717) is 59.7 Å². The minimum atomic E-state index is -0.667. The third kappa shape index (κ3) is 7.40. The van der Waals surface area contributed by atoms with Crippen LogP contribution in [0, 0.1) is 0 Å². The maximum atomic E-state index is 12.6. The minimum Gasteiger partial charge on any atom is -0.507 e. The molecule has 0 spiro atoms. The van der Waals surface area contributed by atoms with Gasteiger partial charge in [0.1, 0.15) is 22.8 Å². The number of Topliss-reactive ketones (excluding diaryl/α,β-unsaturated/α-hetero) is 1. The summed E-state index contributed by atoms with van der Waals surface area (Å²) in [4.78, 5) is 36.5. The van der Waals surface area contributed by atoms with Crippen molar-refractivity contribution in [3.8, 4) is 17.2 Å². The van der Waals surface area contributed by atoms with E-state index < -0.39 is 5.97 Å². The van der Waals surface area contributed by atoms with Crippen LogP contribution in [0.1, 0.15) is 91.8 Å². The number of aryl methyl sites for hydroxylation is 1. The number of hydrogen-bond donors (Lipinski definition) is 1. The molecular weight excluding hydrogens is 500 g/mol. The smallest absolute Gasteiger partial charge is 0.374 e. The van der Waals surface area contributed by atoms with Crippen LogP contribution < -0.4 is 14.9 Å². The topological polar surface area (TPSA) is 112 Å². The molecule has 0 amide bonds. The molecule has 0 saturated heterocycles. The van der Waals surface area contributed by atoms with Crippen molar-refractivity contribution in [1.82, 2.24) is 0 Å². The molecule has 1 aromatic heterocycles. The molecule has 0 aliphatic carbocycles. The number of phenolic OH excluding ortho intramolecular Hbond substituents is 1. The molecule has 0 fully saturated rings. The number of esters is 1. The van der Waals surface area contributed by atoms with E-state index in [1.807, 2.05) is 13.8 Å². The lowest BCUT2D eigenvalue weighted by molar-refractivity contribution is 0.0490. The van der Waals surface area contributed by atoms with Crippen LogP contribution in [0.3, 0.4) is 0 Å². The highest BCUT2D eigenvalue weighted by Crippen LogP contribution is 2.33. The molecule has 3 rings (SSSR count). The summed E-state index contributed by atoms with van der Waals surface area (Å²) >= 11 is 0. The molecule has 3 aromatic rings. The van der Waals surface area contributed by atoms with Gasteiger partial charge in [-0.3, -0.25) is 9.59 Å². The summed E-state index contributed by atoms with van der Waals surface area (Å²) in [6.07, 6.45) is 5.33. The Kier molecular flexibility index (Phi) is 11.0. The number of phenols is 1. The zero-order valence-electron chi connectivity index (χ0n) is 23.3. The van der Waals surface area contributed by atoms with Crippen molar-refractivity contribution in [1.29, 1.82) is 0 Å². The zero-order chi connectivity index (χ0) is 28.4. The Morgan fingerprint density at radius 2 is 1.49 bits per heavy atom. The van der Waals surface area contributed by atoms with Crippen LogP contribution in [0.2, 0.25) is 0 Å². The average Bonchev–Trinajstić information content (AvgIpc) is 2.90. The van der Waals surface area contributed by atoms with Crippen LogP contribution in [0.25, 0.3) is 11.0 Å². The van der Waals surface area contributed by atoms with Gasteiger partial charge in [0.2, 0.25) is 5.76 Å². The number of unbranched alkanes of at least 4 members (excludes halogenated alkanes) is 2. The number of rotatable bonds is 15. The first-order valence-corrected chi connectivity index (χ1v) is 13.7. The molecule has 2 aromatic carbocycles. The fourth-order valence-electron chi connectivity index (χ4n) is 4.46. The number of benzene rings is 2. The summed E-state index contributed by atoms with van der Waals surface area (Å²) in [5, 5.41) is 10.9. The SMILES string of the molecule is CCCc1c(OCCCCCOc2ccc3c(=O)cc(C(=O)OCC)oc3c2CCC)ccc(C(C)=O)c1O. The Hall–Kier alpha value is -3.81. The van der Waals surface area contributed by atoms with Gasteiger partial charge in [-0.15, -0.1) is 0 Å². The summed E-state index contributed by atoms with van der Waals surface area (Å²) in [6, 6.07) is 7.98. The number of carbonyl (C=O) groups excluding carboxylic acids is 2. The molecule has 0 atom stereocenters. The van der Waals surface area contributed by atoms with Crippen molar-refractivity contribution in [2.24, 2.45) is 0 Å². The number of ketones is 1. The lowest BCUT2D eigenvalue weighted by atomic mass is 10.0. The van der Waals surface area contributed by atoms with Crippen LogP contribution in [-0.2, 0) is 17.6 Å². The van der Waals surface area contributed by atoms with Crippen molar-refractivity contribution >= 4 is 22.7 Å². The van der Waals surface area contributed by atoms with Crippen LogP contribution >= 0.6 is 0 Å². The average molecular weight is 539 g/mol. The quantitative estimate of drug-likeness (QED) is 0.134. The van der Waals surface area contributed by atoms with Crippen molar-refractivity contribution in [3.05, 3.63) is 63.0 Å². The van der Waals surface area contributed by atoms with Gasteiger partial charge in [-0.25, -0.2) is 4.79 Å². The van der Waals surface area contributed by atoms with E-state index in [1.54, 1.807) is 31.2 Å².